The minimum Gasteiger partial charge on any atom is -0.290 e. The number of nitrogens with zero attached hydrogens (tertiary/aromatic N) is 6. The highest BCUT2D eigenvalue weighted by atomic mass is 16.1. The van der Waals surface area contributed by atoms with Gasteiger partial charge in [-0.3, -0.25) is 14.1 Å². The van der Waals surface area contributed by atoms with Gasteiger partial charge in [0.2, 0.25) is 0 Å². The second-order valence-electron chi connectivity index (χ2n) is 9.63. The number of benzene rings is 2. The van der Waals surface area contributed by atoms with Gasteiger partial charge in [0, 0.05) is 29.2 Å². The van der Waals surface area contributed by atoms with Crippen LogP contribution in [0.15, 0.2) is 71.8 Å². The number of H-pyrrole nitrogens is 1. The topological polar surface area (TPSA) is 94.3 Å². The molecule has 2 aromatic carbocycles. The predicted octanol–water partition coefficient (Wildman–Crippen LogP) is 5.53. The van der Waals surface area contributed by atoms with Gasteiger partial charge in [-0.05, 0) is 59.4 Å². The molecule has 0 fully saturated rings. The van der Waals surface area contributed by atoms with E-state index < -0.39 is 0 Å². The van der Waals surface area contributed by atoms with Crippen molar-refractivity contribution in [2.75, 3.05) is 0 Å². The first-order chi connectivity index (χ1) is 18.6. The van der Waals surface area contributed by atoms with Gasteiger partial charge in [-0.15, -0.1) is 5.10 Å². The lowest BCUT2D eigenvalue weighted by atomic mass is 10.0. The van der Waals surface area contributed by atoms with Crippen molar-refractivity contribution in [3.05, 3.63) is 100.0 Å². The SMILES string of the molecule is CCCCc1cn(-c2c(C)cccc2CCC)c(=O)n1Cc1ccc(-c2ccccc2-c2nnn[nH]2)cn1. The summed E-state index contributed by atoms with van der Waals surface area (Å²) in [6, 6.07) is 18.3. The number of hydrogen-bond acceptors (Lipinski definition) is 5. The number of nitrogens with one attached hydrogen (secondary N) is 1. The zero-order valence-electron chi connectivity index (χ0n) is 22.2. The van der Waals surface area contributed by atoms with Gasteiger partial charge in [0.25, 0.3) is 0 Å². The molecule has 0 aliphatic heterocycles. The van der Waals surface area contributed by atoms with Gasteiger partial charge in [0.15, 0.2) is 5.82 Å². The first-order valence-corrected chi connectivity index (χ1v) is 13.3. The van der Waals surface area contributed by atoms with Crippen LogP contribution in [-0.4, -0.2) is 34.7 Å². The highest BCUT2D eigenvalue weighted by molar-refractivity contribution is 5.79. The zero-order chi connectivity index (χ0) is 26.5. The average Bonchev–Trinajstić information content (AvgIpc) is 3.58. The molecule has 3 aromatic heterocycles. The molecule has 38 heavy (non-hydrogen) atoms. The molecule has 1 N–H and O–H groups in total. The van der Waals surface area contributed by atoms with Gasteiger partial charge < -0.3 is 0 Å². The number of rotatable bonds is 10. The fourth-order valence-corrected chi connectivity index (χ4v) is 5.00. The normalized spacial score (nSPS) is 11.2. The van der Waals surface area contributed by atoms with E-state index in [4.69, 9.17) is 4.98 Å². The van der Waals surface area contributed by atoms with Crippen LogP contribution < -0.4 is 5.69 Å². The third-order valence-corrected chi connectivity index (χ3v) is 6.91. The number of aromatic nitrogens is 7. The zero-order valence-corrected chi connectivity index (χ0v) is 22.2. The van der Waals surface area contributed by atoms with Gasteiger partial charge in [0.1, 0.15) is 0 Å². The van der Waals surface area contributed by atoms with E-state index in [1.807, 2.05) is 57.9 Å². The summed E-state index contributed by atoms with van der Waals surface area (Å²) in [7, 11) is 0. The number of aryl methyl sites for hydroxylation is 3. The molecule has 0 atom stereocenters. The van der Waals surface area contributed by atoms with E-state index in [-0.39, 0.29) is 5.69 Å². The van der Waals surface area contributed by atoms with Crippen LogP contribution in [0.25, 0.3) is 28.2 Å². The summed E-state index contributed by atoms with van der Waals surface area (Å²) in [5, 5.41) is 14.3. The summed E-state index contributed by atoms with van der Waals surface area (Å²) in [6.45, 7) is 6.85. The molecule has 0 aliphatic rings. The third-order valence-electron chi connectivity index (χ3n) is 6.91. The quantitative estimate of drug-likeness (QED) is 0.268. The van der Waals surface area contributed by atoms with Gasteiger partial charge in [0.05, 0.1) is 17.9 Å². The average molecular weight is 508 g/mol. The monoisotopic (exact) mass is 507 g/mol. The number of aromatic amines is 1. The summed E-state index contributed by atoms with van der Waals surface area (Å²) >= 11 is 0. The Kier molecular flexibility index (Phi) is 7.58. The smallest absolute Gasteiger partial charge is 0.290 e. The highest BCUT2D eigenvalue weighted by Crippen LogP contribution is 2.29. The van der Waals surface area contributed by atoms with Crippen LogP contribution in [-0.2, 0) is 19.4 Å². The molecule has 0 spiro atoms. The predicted molar refractivity (Wildman–Crippen MR) is 149 cm³/mol. The molecular weight excluding hydrogens is 474 g/mol. The van der Waals surface area contributed by atoms with Gasteiger partial charge in [-0.25, -0.2) is 9.89 Å². The molecule has 0 aliphatic carbocycles. The molecule has 0 amide bonds. The Morgan fingerprint density at radius 1 is 0.921 bits per heavy atom. The summed E-state index contributed by atoms with van der Waals surface area (Å²) in [6.07, 6.45) is 8.80. The van der Waals surface area contributed by atoms with Crippen LogP contribution >= 0.6 is 0 Å². The second kappa shape index (κ2) is 11.4. The van der Waals surface area contributed by atoms with Crippen LogP contribution in [0.1, 0.15) is 55.6 Å². The van der Waals surface area contributed by atoms with E-state index in [1.165, 1.54) is 5.56 Å². The van der Waals surface area contributed by atoms with Crippen molar-refractivity contribution < 1.29 is 0 Å². The molecule has 0 unspecified atom stereocenters. The van der Waals surface area contributed by atoms with Crippen LogP contribution in [0.4, 0.5) is 0 Å². The Morgan fingerprint density at radius 3 is 2.47 bits per heavy atom. The number of hydrogen-bond donors (Lipinski definition) is 1. The minimum absolute atomic E-state index is 0.0169. The number of unbranched alkanes of at least 4 members (excludes halogenated alkanes) is 1. The van der Waals surface area contributed by atoms with E-state index in [2.05, 4.69) is 59.6 Å². The van der Waals surface area contributed by atoms with E-state index in [9.17, 15) is 4.79 Å². The highest BCUT2D eigenvalue weighted by Gasteiger charge is 2.17. The molecule has 3 heterocycles. The molecule has 0 bridgehead atoms. The van der Waals surface area contributed by atoms with Crippen molar-refractivity contribution in [2.45, 2.75) is 59.4 Å². The lowest BCUT2D eigenvalue weighted by molar-refractivity contribution is 0.664. The van der Waals surface area contributed by atoms with Crippen LogP contribution in [0.2, 0.25) is 0 Å². The maximum atomic E-state index is 13.8. The van der Waals surface area contributed by atoms with Crippen LogP contribution in [0.5, 0.6) is 0 Å². The molecule has 8 heteroatoms. The summed E-state index contributed by atoms with van der Waals surface area (Å²) in [5.41, 5.74) is 8.04. The van der Waals surface area contributed by atoms with Gasteiger partial charge in [-0.1, -0.05) is 75.2 Å². The third kappa shape index (κ3) is 5.07. The van der Waals surface area contributed by atoms with E-state index in [1.54, 1.807) is 0 Å². The van der Waals surface area contributed by atoms with Crippen LogP contribution in [0, 0.1) is 6.92 Å². The number of pyridine rings is 1. The summed E-state index contributed by atoms with van der Waals surface area (Å²) < 4.78 is 3.73. The molecule has 8 nitrogen and oxygen atoms in total. The van der Waals surface area contributed by atoms with Crippen molar-refractivity contribution >= 4 is 0 Å². The van der Waals surface area contributed by atoms with E-state index in [0.29, 0.717) is 12.4 Å². The van der Waals surface area contributed by atoms with Crippen LogP contribution in [0.3, 0.4) is 0 Å². The van der Waals surface area contributed by atoms with Crippen molar-refractivity contribution in [1.29, 1.82) is 0 Å². The Bertz CT molecular complexity index is 1560. The maximum absolute atomic E-state index is 13.8. The van der Waals surface area contributed by atoms with Crippen molar-refractivity contribution in [3.8, 4) is 28.2 Å². The van der Waals surface area contributed by atoms with Crippen molar-refractivity contribution in [1.82, 2.24) is 34.7 Å². The Hall–Kier alpha value is -4.33. The molecule has 0 saturated heterocycles. The first-order valence-electron chi connectivity index (χ1n) is 13.3. The first kappa shape index (κ1) is 25.3. The molecular formula is C30H33N7O. The van der Waals surface area contributed by atoms with Crippen molar-refractivity contribution in [3.63, 3.8) is 0 Å². The Balaban J connectivity index is 1.50. The Morgan fingerprint density at radius 2 is 1.76 bits per heavy atom. The summed E-state index contributed by atoms with van der Waals surface area (Å²) in [5.74, 6) is 0.608. The van der Waals surface area contributed by atoms with E-state index >= 15 is 0 Å². The molecule has 194 valence electrons. The number of imidazole rings is 1. The maximum Gasteiger partial charge on any atom is 0.333 e. The lowest BCUT2D eigenvalue weighted by Gasteiger charge is -2.12. The molecule has 0 saturated carbocycles. The molecule has 5 rings (SSSR count). The fourth-order valence-electron chi connectivity index (χ4n) is 5.00. The second-order valence-corrected chi connectivity index (χ2v) is 9.63. The number of para-hydroxylation sites is 1. The van der Waals surface area contributed by atoms with Gasteiger partial charge >= 0.3 is 5.69 Å². The van der Waals surface area contributed by atoms with Crippen molar-refractivity contribution in [2.24, 2.45) is 0 Å². The van der Waals surface area contributed by atoms with Gasteiger partial charge in [-0.2, -0.15) is 0 Å². The Labute approximate surface area is 222 Å². The lowest BCUT2D eigenvalue weighted by Crippen LogP contribution is -2.26. The number of tetrazole rings is 1. The minimum atomic E-state index is -0.0169. The summed E-state index contributed by atoms with van der Waals surface area (Å²) in [4.78, 5) is 18.6. The fraction of sp³-hybridized carbons (Fsp3) is 0.300. The van der Waals surface area contributed by atoms with E-state index in [0.717, 1.165) is 71.4 Å². The largest absolute Gasteiger partial charge is 0.333 e. The standard InChI is InChI=1S/C30H33N7O/c1-4-6-13-25-20-37(28-21(3)11-9-12-22(28)10-5-2)30(38)36(25)19-24-17-16-23(18-31-24)26-14-7-8-15-27(26)29-32-34-35-33-29/h7-9,11-12,14-18,20H,4-6,10,13,19H2,1-3H3,(H,32,33,34,35). The molecule has 5 aromatic rings. The molecule has 0 radical (unpaired) electrons.